The van der Waals surface area contributed by atoms with E-state index in [4.69, 9.17) is 0 Å². The van der Waals surface area contributed by atoms with Crippen molar-refractivity contribution in [2.75, 3.05) is 0 Å². The van der Waals surface area contributed by atoms with Gasteiger partial charge in [0.25, 0.3) is 0 Å². The maximum atomic E-state index is 2.46. The fourth-order valence-corrected chi connectivity index (χ4v) is 28.6. The maximum Gasteiger partial charge on any atom is -0.0297 e. The third-order valence-electron chi connectivity index (χ3n) is 33.9. The lowest BCUT2D eigenvalue weighted by molar-refractivity contribution is 0.0202. The molecule has 0 saturated heterocycles. The minimum Gasteiger partial charge on any atom is -0.0651 e. The first kappa shape index (κ1) is 95.4. The zero-order valence-corrected chi connectivity index (χ0v) is 79.0. The summed E-state index contributed by atoms with van der Waals surface area (Å²) in [5.41, 5.74) is 8.28. The van der Waals surface area contributed by atoms with Gasteiger partial charge in [0.05, 0.1) is 0 Å². The highest BCUT2D eigenvalue weighted by Gasteiger charge is 2.51. The van der Waals surface area contributed by atoms with Crippen LogP contribution in [0.2, 0.25) is 0 Å². The molecule has 13 saturated carbocycles. The maximum absolute atomic E-state index is 2.46. The Morgan fingerprint density at radius 2 is 0.689 bits per heavy atom. The van der Waals surface area contributed by atoms with Crippen molar-refractivity contribution in [1.82, 2.24) is 0 Å². The second-order valence-electron chi connectivity index (χ2n) is 51.5. The topological polar surface area (TPSA) is 0 Å². The van der Waals surface area contributed by atoms with Crippen molar-refractivity contribution in [3.05, 3.63) is 0 Å². The van der Waals surface area contributed by atoms with Gasteiger partial charge in [-0.25, -0.2) is 0 Å². The SMILES string of the molecule is CC1(C)CC(C)(C)CC(C)(C)C1.CC1C(C)(C)CCCC1(C)C.CC1C2CCC(C2)[C@H]1C.CC1CC(C)(C)CC(C)(C)C1.CC1CCC(C)(C)CC1.CCC1C(C)(C)CCC1(C)C.CCC1CC(C)(C)CC(C)(C)C1.CCC1CC2CCC1C2.C[C@@H]1C2CCC(C2)C1(C)C.C[C@@H]1CCCCC1(C)C. The Morgan fingerprint density at radius 1 is 0.282 bits per heavy atom. The van der Waals surface area contributed by atoms with Gasteiger partial charge in [-0.2, -0.15) is 0 Å². The van der Waals surface area contributed by atoms with Crippen molar-refractivity contribution in [1.29, 1.82) is 0 Å². The van der Waals surface area contributed by atoms with Crippen molar-refractivity contribution in [3.63, 3.8) is 0 Å². The van der Waals surface area contributed by atoms with Crippen molar-refractivity contribution >= 4 is 0 Å². The molecule has 0 amide bonds. The molecular weight excluding hydrogens is 1240 g/mol. The van der Waals surface area contributed by atoms with Crippen LogP contribution < -0.4 is 0 Å². The fraction of sp³-hybridized carbons (Fsp3) is 1.00. The van der Waals surface area contributed by atoms with E-state index in [9.17, 15) is 0 Å². The Hall–Kier alpha value is 0. The molecule has 103 heavy (non-hydrogen) atoms. The third-order valence-corrected chi connectivity index (χ3v) is 33.9. The molecule has 13 aliphatic carbocycles. The van der Waals surface area contributed by atoms with E-state index in [1.165, 1.54) is 193 Å². The first-order valence-corrected chi connectivity index (χ1v) is 46.6. The third kappa shape index (κ3) is 30.1. The standard InChI is InChI=1S/2C12H24.3C11H22.C10H18.2C9H16.2C9H18/c1-10(2)7-11(3,4)9-12(5,6)8-10;1-6-10-7-11(2,3)9-12(4,5)8-10;1-9-6-10(2,3)8-11(4,5)7-9;1-9-10(2,3)7-6-8-11(9,4)5;1-6-9-10(2,3)7-8-11(9,4)5;1-7-8-4-5-9(6-8)10(7,2)3;1-6-7(2)9-4-3-8(6)5-9;1-2-8-5-7-3-4-9(8)6-7;1-8-4-6-9(2,3)7-5-8;1-8-6-4-5-7-9(8,2)3/h7-9H2,1-6H3;10H,6-9H2,1-5H3;3*9H,6-8H2,1-5H3;7-9H,4-6H2,1-3H3;6-9H,3-5H2,1-2H3;7-9H,2-6H2,1H3;2*8H,4-7H2,1-3H3/t;;;;;7-,8?,9?;6-,7?,8?,9?;;;8-/m.....10..1/s1. The molecule has 0 heterocycles. The van der Waals surface area contributed by atoms with E-state index in [0.717, 1.165) is 94.7 Å². The van der Waals surface area contributed by atoms with Gasteiger partial charge in [0.2, 0.25) is 0 Å². The molecule has 0 spiro atoms. The van der Waals surface area contributed by atoms with Gasteiger partial charge in [-0.15, -0.1) is 0 Å². The average molecular weight is 1440 g/mol. The molecule has 612 valence electrons. The quantitative estimate of drug-likeness (QED) is 0.264. The Bertz CT molecular complexity index is 2260. The number of hydrogen-bond donors (Lipinski definition) is 0. The minimum absolute atomic E-state index is 0.547. The normalized spacial score (nSPS) is 36.1. The zero-order valence-electron chi connectivity index (χ0n) is 79.0. The molecule has 6 bridgehead atoms. The van der Waals surface area contributed by atoms with Crippen molar-refractivity contribution < 1.29 is 0 Å². The highest BCUT2D eigenvalue weighted by molar-refractivity contribution is 5.01. The van der Waals surface area contributed by atoms with E-state index >= 15 is 0 Å². The summed E-state index contributed by atoms with van der Waals surface area (Å²) in [6.45, 7) is 91.6. The van der Waals surface area contributed by atoms with Gasteiger partial charge in [-0.3, -0.25) is 0 Å². The summed E-state index contributed by atoms with van der Waals surface area (Å²) in [6.07, 6.45) is 50.9. The van der Waals surface area contributed by atoms with Crippen LogP contribution in [0.15, 0.2) is 0 Å². The number of rotatable bonds is 3. The van der Waals surface area contributed by atoms with Crippen LogP contribution in [0.3, 0.4) is 0 Å². The van der Waals surface area contributed by atoms with Crippen LogP contribution in [0.5, 0.6) is 0 Å². The minimum atomic E-state index is 0.547. The van der Waals surface area contributed by atoms with Gasteiger partial charge in [-0.1, -0.05) is 327 Å². The summed E-state index contributed by atoms with van der Waals surface area (Å²) in [5, 5.41) is 0. The average Bonchev–Trinajstić information content (AvgIpc) is 0.859. The molecule has 0 heteroatoms. The lowest BCUT2D eigenvalue weighted by Gasteiger charge is -2.49. The molecule has 13 aliphatic rings. The van der Waals surface area contributed by atoms with E-state index in [1.54, 1.807) is 32.1 Å². The number of fused-ring (bicyclic) bond motifs is 6. The zero-order chi connectivity index (χ0) is 79.0. The lowest BCUT2D eigenvalue weighted by atomic mass is 9.56. The molecule has 0 radical (unpaired) electrons. The first-order valence-electron chi connectivity index (χ1n) is 46.6. The van der Waals surface area contributed by atoms with Crippen LogP contribution in [-0.4, -0.2) is 0 Å². The molecule has 8 unspecified atom stereocenters. The van der Waals surface area contributed by atoms with Crippen molar-refractivity contribution in [3.8, 4) is 0 Å². The van der Waals surface area contributed by atoms with Gasteiger partial charge in [0.15, 0.2) is 0 Å². The molecular formula is C103H200. The van der Waals surface area contributed by atoms with Crippen LogP contribution in [0.1, 0.15) is 488 Å². The van der Waals surface area contributed by atoms with E-state index < -0.39 is 0 Å². The Morgan fingerprint density at radius 3 is 0.951 bits per heavy atom. The Labute approximate surface area is 654 Å². The van der Waals surface area contributed by atoms with E-state index in [1.807, 2.05) is 0 Å². The van der Waals surface area contributed by atoms with E-state index in [-0.39, 0.29) is 0 Å². The summed E-state index contributed by atoms with van der Waals surface area (Å²) in [4.78, 5) is 0. The molecule has 13 fully saturated rings. The predicted molar refractivity (Wildman–Crippen MR) is 467 cm³/mol. The lowest BCUT2D eigenvalue weighted by Crippen LogP contribution is -2.38. The second-order valence-corrected chi connectivity index (χ2v) is 51.5. The van der Waals surface area contributed by atoms with Gasteiger partial charge < -0.3 is 0 Å². The summed E-state index contributed by atoms with van der Waals surface area (Å²) in [7, 11) is 0. The van der Waals surface area contributed by atoms with Crippen molar-refractivity contribution in [2.24, 2.45) is 170 Å². The molecule has 11 atom stereocenters. The van der Waals surface area contributed by atoms with Crippen LogP contribution in [0.25, 0.3) is 0 Å². The summed E-state index contributed by atoms with van der Waals surface area (Å²) >= 11 is 0. The molecule has 0 aromatic heterocycles. The first-order chi connectivity index (χ1) is 46.6. The highest BCUT2D eigenvalue weighted by Crippen LogP contribution is 2.60. The van der Waals surface area contributed by atoms with Gasteiger partial charge >= 0.3 is 0 Å². The molecule has 13 rings (SSSR count). The van der Waals surface area contributed by atoms with Gasteiger partial charge in [-0.05, 0) is 331 Å². The van der Waals surface area contributed by atoms with Crippen molar-refractivity contribution in [2.45, 2.75) is 488 Å². The Kier molecular flexibility index (Phi) is 34.5. The van der Waals surface area contributed by atoms with Crippen LogP contribution in [-0.2, 0) is 0 Å². The molecule has 0 nitrogen and oxygen atoms in total. The summed E-state index contributed by atoms with van der Waals surface area (Å²) < 4.78 is 0. The van der Waals surface area contributed by atoms with Crippen LogP contribution >= 0.6 is 0 Å². The van der Waals surface area contributed by atoms with Crippen LogP contribution in [0.4, 0.5) is 0 Å². The smallest absolute Gasteiger partial charge is 0.0297 e. The van der Waals surface area contributed by atoms with Crippen LogP contribution in [0, 0.1) is 170 Å². The number of hydrogen-bond acceptors (Lipinski definition) is 0. The van der Waals surface area contributed by atoms with E-state index in [0.29, 0.717) is 75.8 Å². The fourth-order valence-electron chi connectivity index (χ4n) is 28.6. The monoisotopic (exact) mass is 1440 g/mol. The summed E-state index contributed by atoms with van der Waals surface area (Å²) in [6, 6.07) is 0. The van der Waals surface area contributed by atoms with Gasteiger partial charge in [0.1, 0.15) is 0 Å². The predicted octanol–water partition coefficient (Wildman–Crippen LogP) is 35.1. The van der Waals surface area contributed by atoms with Gasteiger partial charge in [0, 0.05) is 0 Å². The molecule has 0 aromatic rings. The summed E-state index contributed by atoms with van der Waals surface area (Å²) in [5.74, 6) is 16.5. The molecule has 0 aromatic carbocycles. The largest absolute Gasteiger partial charge is 0.0651 e. The van der Waals surface area contributed by atoms with E-state index in [2.05, 4.69) is 263 Å². The molecule has 0 aliphatic heterocycles. The second kappa shape index (κ2) is 37.3. The molecule has 0 N–H and O–H groups in total. The Balaban J connectivity index is 0.000000243. The highest BCUT2D eigenvalue weighted by atomic mass is 14.6.